The number of hydrogen-bond donors (Lipinski definition) is 2. The first-order valence-electron chi connectivity index (χ1n) is 10.9. The van der Waals surface area contributed by atoms with Gasteiger partial charge in [0.15, 0.2) is 0 Å². The molecule has 0 saturated heterocycles. The van der Waals surface area contributed by atoms with Crippen LogP contribution in [0.1, 0.15) is 33.7 Å². The third kappa shape index (κ3) is 6.05. The number of ether oxygens (including phenoxy) is 1. The van der Waals surface area contributed by atoms with Crippen molar-refractivity contribution in [2.45, 2.75) is 25.8 Å². The van der Waals surface area contributed by atoms with Gasteiger partial charge in [0.05, 0.1) is 24.4 Å². The average Bonchev–Trinajstić information content (AvgIpc) is 3.22. The molecule has 1 unspecified atom stereocenters. The molecule has 0 fully saturated rings. The van der Waals surface area contributed by atoms with Gasteiger partial charge >= 0.3 is 6.09 Å². The maximum absolute atomic E-state index is 12.4. The average molecular weight is 474 g/mol. The quantitative estimate of drug-likeness (QED) is 0.499. The van der Waals surface area contributed by atoms with Crippen LogP contribution >= 0.6 is 11.3 Å². The normalized spacial score (nSPS) is 14.7. The second-order valence-electron chi connectivity index (χ2n) is 7.81. The molecule has 3 aromatic heterocycles. The Morgan fingerprint density at radius 3 is 2.94 bits per heavy atom. The van der Waals surface area contributed by atoms with Crippen molar-refractivity contribution in [1.29, 1.82) is 5.26 Å². The summed E-state index contributed by atoms with van der Waals surface area (Å²) < 4.78 is 5.40. The van der Waals surface area contributed by atoms with Crippen molar-refractivity contribution < 1.29 is 14.3 Å². The van der Waals surface area contributed by atoms with E-state index in [2.05, 4.69) is 26.7 Å². The summed E-state index contributed by atoms with van der Waals surface area (Å²) in [5, 5.41) is 15.8. The Morgan fingerprint density at radius 2 is 2.18 bits per heavy atom. The van der Waals surface area contributed by atoms with E-state index in [4.69, 9.17) is 4.74 Å². The number of amides is 2. The highest BCUT2D eigenvalue weighted by Gasteiger charge is 2.27. The van der Waals surface area contributed by atoms with E-state index in [9.17, 15) is 14.9 Å². The van der Waals surface area contributed by atoms with Crippen molar-refractivity contribution in [3.8, 4) is 6.07 Å². The molecule has 0 saturated carbocycles. The molecule has 3 heterocycles. The van der Waals surface area contributed by atoms with Gasteiger partial charge in [0.25, 0.3) is 0 Å². The van der Waals surface area contributed by atoms with Crippen LogP contribution in [0, 0.1) is 17.2 Å². The van der Waals surface area contributed by atoms with Crippen molar-refractivity contribution in [2.75, 3.05) is 11.9 Å². The second-order valence-corrected chi connectivity index (χ2v) is 8.92. The van der Waals surface area contributed by atoms with E-state index in [0.717, 1.165) is 28.1 Å². The smallest absolute Gasteiger partial charge is 0.407 e. The summed E-state index contributed by atoms with van der Waals surface area (Å²) >= 11 is 1.42. The lowest BCUT2D eigenvalue weighted by Gasteiger charge is -2.21. The number of nitrogens with one attached hydrogen (secondary N) is 2. The predicted octanol–water partition coefficient (Wildman–Crippen LogP) is 4.09. The number of alkyl carbamates (subject to hydrolysis) is 1. The summed E-state index contributed by atoms with van der Waals surface area (Å²) in [4.78, 5) is 33.6. The van der Waals surface area contributed by atoms with Crippen LogP contribution in [0.25, 0.3) is 6.08 Å². The lowest BCUT2D eigenvalue weighted by molar-refractivity contribution is -0.111. The first-order valence-corrected chi connectivity index (χ1v) is 11.7. The molecule has 9 heteroatoms. The van der Waals surface area contributed by atoms with E-state index in [1.165, 1.54) is 17.4 Å². The fourth-order valence-electron chi connectivity index (χ4n) is 3.71. The lowest BCUT2D eigenvalue weighted by atomic mass is 9.88. The number of pyridine rings is 2. The monoisotopic (exact) mass is 473 g/mol. The number of hydrogen-bond acceptors (Lipinski definition) is 7. The Hall–Kier alpha value is -4.03. The Morgan fingerprint density at radius 1 is 1.26 bits per heavy atom. The summed E-state index contributed by atoms with van der Waals surface area (Å²) in [6, 6.07) is 11.4. The highest BCUT2D eigenvalue weighted by molar-refractivity contribution is 7.16. The summed E-state index contributed by atoms with van der Waals surface area (Å²) in [5.74, 6) is -0.143. The maximum atomic E-state index is 12.4. The predicted molar refractivity (Wildman–Crippen MR) is 129 cm³/mol. The molecule has 0 bridgehead atoms. The number of fused-ring (bicyclic) bond motifs is 1. The van der Waals surface area contributed by atoms with Gasteiger partial charge < -0.3 is 15.4 Å². The van der Waals surface area contributed by atoms with Gasteiger partial charge in [0.2, 0.25) is 5.91 Å². The molecular weight excluding hydrogens is 450 g/mol. The third-order valence-corrected chi connectivity index (χ3v) is 6.59. The zero-order chi connectivity index (χ0) is 23.8. The molecule has 8 nitrogen and oxygen atoms in total. The molecular formula is C25H23N5O3S. The van der Waals surface area contributed by atoms with Crippen LogP contribution in [-0.2, 0) is 28.9 Å². The number of rotatable bonds is 7. The van der Waals surface area contributed by atoms with Gasteiger partial charge in [-0.2, -0.15) is 5.26 Å². The largest absolute Gasteiger partial charge is 0.449 e. The molecule has 3 aromatic rings. The van der Waals surface area contributed by atoms with E-state index >= 15 is 0 Å². The number of nitrogens with zero attached hydrogens (tertiary/aromatic N) is 3. The molecule has 1 atom stereocenters. The molecule has 1 aliphatic rings. The maximum Gasteiger partial charge on any atom is 0.407 e. The number of thiophene rings is 1. The SMILES string of the molecule is N#Cc1c(NC(=O)C=Cc2cccnc2)sc2c1CCC(COC(=O)NCc1ccccn1)C2. The number of carbonyl (C=O) groups excluding carboxylic acids is 2. The topological polar surface area (TPSA) is 117 Å². The fourth-order valence-corrected chi connectivity index (χ4v) is 5.03. The molecule has 0 aromatic carbocycles. The molecule has 0 aliphatic heterocycles. The Bertz CT molecular complexity index is 1220. The van der Waals surface area contributed by atoms with Crippen LogP contribution in [0.5, 0.6) is 0 Å². The summed E-state index contributed by atoms with van der Waals surface area (Å²) in [6.45, 7) is 0.603. The molecule has 172 valence electrons. The van der Waals surface area contributed by atoms with Gasteiger partial charge in [-0.15, -0.1) is 11.3 Å². The van der Waals surface area contributed by atoms with Gasteiger partial charge in [-0.25, -0.2) is 4.79 Å². The summed E-state index contributed by atoms with van der Waals surface area (Å²) in [5.41, 5.74) is 3.08. The third-order valence-electron chi connectivity index (χ3n) is 5.42. The second kappa shape index (κ2) is 11.2. The zero-order valence-corrected chi connectivity index (χ0v) is 19.2. The lowest BCUT2D eigenvalue weighted by Crippen LogP contribution is -2.28. The van der Waals surface area contributed by atoms with Gasteiger partial charge in [0.1, 0.15) is 11.1 Å². The number of carbonyl (C=O) groups is 2. The first kappa shape index (κ1) is 23.1. The van der Waals surface area contributed by atoms with Crippen LogP contribution < -0.4 is 10.6 Å². The van der Waals surface area contributed by atoms with Crippen molar-refractivity contribution >= 4 is 34.4 Å². The highest BCUT2D eigenvalue weighted by atomic mass is 32.1. The molecule has 4 rings (SSSR count). The molecule has 2 amide bonds. The van der Waals surface area contributed by atoms with Crippen LogP contribution in [0.4, 0.5) is 9.80 Å². The molecule has 0 spiro atoms. The summed E-state index contributed by atoms with van der Waals surface area (Å²) in [6.07, 6.45) is 9.84. The van der Waals surface area contributed by atoms with Crippen LogP contribution in [-0.4, -0.2) is 28.6 Å². The number of nitriles is 1. The van der Waals surface area contributed by atoms with Crippen LogP contribution in [0.3, 0.4) is 0 Å². The minimum absolute atomic E-state index is 0.160. The van der Waals surface area contributed by atoms with Crippen LogP contribution in [0.15, 0.2) is 55.0 Å². The van der Waals surface area contributed by atoms with Gasteiger partial charge in [-0.3, -0.25) is 14.8 Å². The first-order chi connectivity index (χ1) is 16.6. The Kier molecular flexibility index (Phi) is 7.63. The van der Waals surface area contributed by atoms with Crippen LogP contribution in [0.2, 0.25) is 0 Å². The molecule has 34 heavy (non-hydrogen) atoms. The van der Waals surface area contributed by atoms with E-state index in [0.29, 0.717) is 36.6 Å². The number of aromatic nitrogens is 2. The van der Waals surface area contributed by atoms with Crippen molar-refractivity contribution in [2.24, 2.45) is 5.92 Å². The van der Waals surface area contributed by atoms with Crippen molar-refractivity contribution in [1.82, 2.24) is 15.3 Å². The van der Waals surface area contributed by atoms with E-state index in [1.54, 1.807) is 30.7 Å². The van der Waals surface area contributed by atoms with Crippen molar-refractivity contribution in [3.05, 3.63) is 82.3 Å². The molecule has 2 N–H and O–H groups in total. The number of anilines is 1. The fraction of sp³-hybridized carbons (Fsp3) is 0.240. The standard InChI is InChI=1S/C25H23N5O3S/c26-13-21-20-8-6-18(16-33-25(32)29-15-19-5-1-2-11-28-19)12-22(20)34-24(21)30-23(31)9-7-17-4-3-10-27-14-17/h1-5,7,9-11,14,18H,6,8,12,15-16H2,(H,29,32)(H,30,31). The van der Waals surface area contributed by atoms with E-state index < -0.39 is 6.09 Å². The van der Waals surface area contributed by atoms with Crippen molar-refractivity contribution in [3.63, 3.8) is 0 Å². The molecule has 0 radical (unpaired) electrons. The van der Waals surface area contributed by atoms with E-state index in [-0.39, 0.29) is 11.8 Å². The van der Waals surface area contributed by atoms with Gasteiger partial charge in [-0.1, -0.05) is 12.1 Å². The minimum Gasteiger partial charge on any atom is -0.449 e. The zero-order valence-electron chi connectivity index (χ0n) is 18.4. The Balaban J connectivity index is 1.31. The summed E-state index contributed by atoms with van der Waals surface area (Å²) in [7, 11) is 0. The van der Waals surface area contributed by atoms with E-state index in [1.807, 2.05) is 24.3 Å². The minimum atomic E-state index is -0.478. The Labute approximate surface area is 201 Å². The van der Waals surface area contributed by atoms with Gasteiger partial charge in [-0.05, 0) is 60.6 Å². The van der Waals surface area contributed by atoms with Gasteiger partial charge in [0, 0.05) is 29.5 Å². The highest BCUT2D eigenvalue weighted by Crippen LogP contribution is 2.39. The molecule has 1 aliphatic carbocycles.